The zero-order valence-corrected chi connectivity index (χ0v) is 14.1. The zero-order chi connectivity index (χ0) is 17.0. The van der Waals surface area contributed by atoms with Crippen LogP contribution in [0.2, 0.25) is 0 Å². The smallest absolute Gasteiger partial charge is 0.312 e. The number of amides is 2. The molecule has 2 amide bonds. The van der Waals surface area contributed by atoms with Crippen LogP contribution in [0.3, 0.4) is 0 Å². The van der Waals surface area contributed by atoms with E-state index in [0.717, 1.165) is 31.5 Å². The Labute approximate surface area is 143 Å². The molecule has 4 nitrogen and oxygen atoms in total. The maximum Gasteiger partial charge on any atom is 0.312 e. The average Bonchev–Trinajstić information content (AvgIpc) is 2.59. The van der Waals surface area contributed by atoms with Gasteiger partial charge in [0.15, 0.2) is 0 Å². The second-order valence-electron chi connectivity index (χ2n) is 6.70. The van der Waals surface area contributed by atoms with Crippen LogP contribution in [0.25, 0.3) is 0 Å². The largest absolute Gasteiger partial charge is 0.352 e. The van der Waals surface area contributed by atoms with Crippen LogP contribution in [0.4, 0.5) is 4.79 Å². The van der Waals surface area contributed by atoms with E-state index in [9.17, 15) is 4.79 Å². The molecule has 0 bridgehead atoms. The topological polar surface area (TPSA) is 58.4 Å². The van der Waals surface area contributed by atoms with Gasteiger partial charge in [-0.05, 0) is 30.9 Å². The van der Waals surface area contributed by atoms with Crippen molar-refractivity contribution in [2.45, 2.75) is 37.9 Å². The van der Waals surface area contributed by atoms with Gasteiger partial charge in [0.25, 0.3) is 0 Å². The summed E-state index contributed by atoms with van der Waals surface area (Å²) >= 11 is 0. The number of nitrogens with one attached hydrogen (secondary N) is 1. The lowest BCUT2D eigenvalue weighted by atomic mass is 9.78. The third-order valence-electron chi connectivity index (χ3n) is 5.01. The van der Waals surface area contributed by atoms with Crippen molar-refractivity contribution in [2.24, 2.45) is 5.73 Å². The summed E-state index contributed by atoms with van der Waals surface area (Å²) < 4.78 is 0. The lowest BCUT2D eigenvalue weighted by Gasteiger charge is -2.46. The summed E-state index contributed by atoms with van der Waals surface area (Å²) in [5.74, 6) is 0. The fourth-order valence-electron chi connectivity index (χ4n) is 3.78. The van der Waals surface area contributed by atoms with Gasteiger partial charge in [-0.15, -0.1) is 0 Å². The number of piperidine rings is 1. The van der Waals surface area contributed by atoms with Crippen molar-refractivity contribution in [1.29, 1.82) is 0 Å². The number of carbonyl (C=O) groups is 1. The van der Waals surface area contributed by atoms with Gasteiger partial charge >= 0.3 is 6.03 Å². The standard InChI is InChI=1S/C20H25N3O/c1-16-14-20(22-19(21)24,18-10-6-3-7-11-18)12-13-23(16)15-17-8-4-2-5-9-17/h2-11,16H,12-15H2,1H3,(H3,21,22,24). The first kappa shape index (κ1) is 16.5. The van der Waals surface area contributed by atoms with Gasteiger partial charge in [-0.25, -0.2) is 4.79 Å². The summed E-state index contributed by atoms with van der Waals surface area (Å²) in [5.41, 5.74) is 7.56. The molecule has 2 atom stereocenters. The van der Waals surface area contributed by atoms with E-state index in [-0.39, 0.29) is 5.54 Å². The van der Waals surface area contributed by atoms with Gasteiger partial charge < -0.3 is 11.1 Å². The molecule has 3 N–H and O–H groups in total. The summed E-state index contributed by atoms with van der Waals surface area (Å²) in [6, 6.07) is 20.6. The maximum absolute atomic E-state index is 11.6. The first-order valence-corrected chi connectivity index (χ1v) is 8.50. The Kier molecular flexibility index (Phi) is 4.86. The van der Waals surface area contributed by atoms with Gasteiger partial charge in [0.1, 0.15) is 0 Å². The Hall–Kier alpha value is -2.33. The van der Waals surface area contributed by atoms with Crippen LogP contribution in [0.15, 0.2) is 60.7 Å². The number of primary amides is 1. The monoisotopic (exact) mass is 323 g/mol. The van der Waals surface area contributed by atoms with Gasteiger partial charge in [0.05, 0.1) is 5.54 Å². The first-order chi connectivity index (χ1) is 11.6. The Morgan fingerprint density at radius 1 is 1.17 bits per heavy atom. The van der Waals surface area contributed by atoms with E-state index in [4.69, 9.17) is 5.73 Å². The minimum absolute atomic E-state index is 0.353. The van der Waals surface area contributed by atoms with Crippen LogP contribution in [0, 0.1) is 0 Å². The Balaban J connectivity index is 1.78. The SMILES string of the molecule is CC1CC(NC(N)=O)(c2ccccc2)CCN1Cc1ccccc1. The summed E-state index contributed by atoms with van der Waals surface area (Å²) in [6.07, 6.45) is 1.71. The molecule has 1 aliphatic heterocycles. The summed E-state index contributed by atoms with van der Waals surface area (Å²) in [6.45, 7) is 4.08. The molecule has 0 aliphatic carbocycles. The lowest BCUT2D eigenvalue weighted by molar-refractivity contribution is 0.0829. The molecule has 4 heteroatoms. The van der Waals surface area contributed by atoms with E-state index >= 15 is 0 Å². The molecule has 2 unspecified atom stereocenters. The normalized spacial score (nSPS) is 24.5. The van der Waals surface area contributed by atoms with Crippen LogP contribution >= 0.6 is 0 Å². The molecule has 1 aliphatic rings. The molecular formula is C20H25N3O. The zero-order valence-electron chi connectivity index (χ0n) is 14.1. The molecular weight excluding hydrogens is 298 g/mol. The quantitative estimate of drug-likeness (QED) is 0.907. The van der Waals surface area contributed by atoms with Gasteiger partial charge in [0.2, 0.25) is 0 Å². The molecule has 0 radical (unpaired) electrons. The number of carbonyl (C=O) groups excluding carboxylic acids is 1. The lowest BCUT2D eigenvalue weighted by Crippen LogP contribution is -2.56. The van der Waals surface area contributed by atoms with E-state index in [1.54, 1.807) is 0 Å². The molecule has 3 rings (SSSR count). The highest BCUT2D eigenvalue weighted by atomic mass is 16.2. The van der Waals surface area contributed by atoms with Gasteiger partial charge in [-0.1, -0.05) is 60.7 Å². The Bertz CT molecular complexity index is 674. The third kappa shape index (κ3) is 3.60. The van der Waals surface area contributed by atoms with E-state index < -0.39 is 6.03 Å². The predicted octanol–water partition coefficient (Wildman–Crippen LogP) is 3.23. The maximum atomic E-state index is 11.6. The highest BCUT2D eigenvalue weighted by Crippen LogP contribution is 2.36. The first-order valence-electron chi connectivity index (χ1n) is 8.50. The molecule has 1 saturated heterocycles. The third-order valence-corrected chi connectivity index (χ3v) is 5.01. The van der Waals surface area contributed by atoms with Crippen molar-refractivity contribution in [3.8, 4) is 0 Å². The minimum atomic E-state index is -0.456. The van der Waals surface area contributed by atoms with Crippen molar-refractivity contribution in [3.05, 3.63) is 71.8 Å². The van der Waals surface area contributed by atoms with Crippen LogP contribution in [0.1, 0.15) is 30.9 Å². The summed E-state index contributed by atoms with van der Waals surface area (Å²) in [5, 5.41) is 3.04. The number of nitrogens with two attached hydrogens (primary N) is 1. The van der Waals surface area contributed by atoms with Crippen LogP contribution in [-0.2, 0) is 12.1 Å². The van der Waals surface area contributed by atoms with E-state index in [0.29, 0.717) is 6.04 Å². The number of rotatable bonds is 4. The molecule has 0 aromatic heterocycles. The highest BCUT2D eigenvalue weighted by molar-refractivity contribution is 5.73. The highest BCUT2D eigenvalue weighted by Gasteiger charge is 2.40. The number of hydrogen-bond donors (Lipinski definition) is 2. The fraction of sp³-hybridized carbons (Fsp3) is 0.350. The van der Waals surface area contributed by atoms with Crippen LogP contribution < -0.4 is 11.1 Å². The summed E-state index contributed by atoms with van der Waals surface area (Å²) in [7, 11) is 0. The number of hydrogen-bond acceptors (Lipinski definition) is 2. The molecule has 126 valence electrons. The van der Waals surface area contributed by atoms with Gasteiger partial charge in [-0.2, -0.15) is 0 Å². The number of urea groups is 1. The minimum Gasteiger partial charge on any atom is -0.352 e. The van der Waals surface area contributed by atoms with Gasteiger partial charge in [-0.3, -0.25) is 4.90 Å². The van der Waals surface area contributed by atoms with Crippen molar-refractivity contribution in [3.63, 3.8) is 0 Å². The molecule has 0 spiro atoms. The fourth-order valence-corrected chi connectivity index (χ4v) is 3.78. The van der Waals surface area contributed by atoms with Crippen LogP contribution in [0.5, 0.6) is 0 Å². The molecule has 1 fully saturated rings. The van der Waals surface area contributed by atoms with Crippen molar-refractivity contribution in [1.82, 2.24) is 10.2 Å². The van der Waals surface area contributed by atoms with Crippen molar-refractivity contribution < 1.29 is 4.79 Å². The summed E-state index contributed by atoms with van der Waals surface area (Å²) in [4.78, 5) is 14.1. The average molecular weight is 323 g/mol. The predicted molar refractivity (Wildman–Crippen MR) is 96.4 cm³/mol. The van der Waals surface area contributed by atoms with Crippen molar-refractivity contribution in [2.75, 3.05) is 6.54 Å². The van der Waals surface area contributed by atoms with E-state index in [1.165, 1.54) is 5.56 Å². The van der Waals surface area contributed by atoms with Gasteiger partial charge in [0, 0.05) is 19.1 Å². The van der Waals surface area contributed by atoms with Crippen LogP contribution in [-0.4, -0.2) is 23.5 Å². The van der Waals surface area contributed by atoms with E-state index in [2.05, 4.69) is 53.5 Å². The Morgan fingerprint density at radius 3 is 2.38 bits per heavy atom. The number of likely N-dealkylation sites (tertiary alicyclic amines) is 1. The number of nitrogens with zero attached hydrogens (tertiary/aromatic N) is 1. The second kappa shape index (κ2) is 7.05. The molecule has 1 heterocycles. The molecule has 24 heavy (non-hydrogen) atoms. The second-order valence-corrected chi connectivity index (χ2v) is 6.70. The molecule has 2 aromatic carbocycles. The Morgan fingerprint density at radius 2 is 1.79 bits per heavy atom. The van der Waals surface area contributed by atoms with Crippen molar-refractivity contribution >= 4 is 6.03 Å². The molecule has 2 aromatic rings. The van der Waals surface area contributed by atoms with E-state index in [1.807, 2.05) is 24.3 Å². The molecule has 0 saturated carbocycles. The number of benzene rings is 2.